The SMILES string of the molecule is C1CCOCC1.C1CCOCC1.C1CCOCC1.O=S(=O)(C12CC3CC(CC(C3)C1)C2)C12CC3CC(CC(C3)C1)C2. The van der Waals surface area contributed by atoms with Crippen LogP contribution in [0, 0.1) is 35.5 Å². The average molecular weight is 593 g/mol. The first-order valence-electron chi connectivity index (χ1n) is 17.9. The highest BCUT2D eigenvalue weighted by Crippen LogP contribution is 2.65. The Hall–Kier alpha value is -0.170. The minimum atomic E-state index is -2.98. The van der Waals surface area contributed by atoms with Crippen molar-refractivity contribution in [2.24, 2.45) is 35.5 Å². The van der Waals surface area contributed by atoms with Gasteiger partial charge in [0, 0.05) is 39.6 Å². The van der Waals surface area contributed by atoms with E-state index in [1.807, 2.05) is 0 Å². The molecule has 0 aromatic heterocycles. The molecule has 3 aliphatic heterocycles. The normalized spacial score (nSPS) is 44.0. The lowest BCUT2D eigenvalue weighted by atomic mass is 9.55. The number of sulfone groups is 1. The summed E-state index contributed by atoms with van der Waals surface area (Å²) >= 11 is 0. The summed E-state index contributed by atoms with van der Waals surface area (Å²) in [6, 6.07) is 0. The van der Waals surface area contributed by atoms with Gasteiger partial charge in [-0.1, -0.05) is 0 Å². The molecule has 5 nitrogen and oxygen atoms in total. The lowest BCUT2D eigenvalue weighted by molar-refractivity contribution is 0.0156. The van der Waals surface area contributed by atoms with Crippen LogP contribution in [0.3, 0.4) is 0 Å². The van der Waals surface area contributed by atoms with E-state index in [-0.39, 0.29) is 9.49 Å². The minimum absolute atomic E-state index is 0.284. The Morgan fingerprint density at radius 2 is 0.585 bits per heavy atom. The van der Waals surface area contributed by atoms with Crippen molar-refractivity contribution in [2.45, 2.75) is 144 Å². The summed E-state index contributed by atoms with van der Waals surface area (Å²) in [5.74, 6) is 4.44. The van der Waals surface area contributed by atoms with Crippen molar-refractivity contribution in [1.29, 1.82) is 0 Å². The fraction of sp³-hybridized carbons (Fsp3) is 1.00. The van der Waals surface area contributed by atoms with Crippen LogP contribution in [0.1, 0.15) is 135 Å². The van der Waals surface area contributed by atoms with E-state index >= 15 is 0 Å². The largest absolute Gasteiger partial charge is 0.381 e. The molecule has 11 rings (SSSR count). The van der Waals surface area contributed by atoms with Gasteiger partial charge in [-0.15, -0.1) is 0 Å². The van der Waals surface area contributed by atoms with E-state index in [1.165, 1.54) is 96.3 Å². The zero-order valence-electron chi connectivity index (χ0n) is 26.0. The van der Waals surface area contributed by atoms with Gasteiger partial charge in [0.25, 0.3) is 0 Å². The fourth-order valence-corrected chi connectivity index (χ4v) is 14.9. The van der Waals surface area contributed by atoms with Crippen LogP contribution < -0.4 is 0 Å². The molecule has 8 aliphatic carbocycles. The van der Waals surface area contributed by atoms with Crippen molar-refractivity contribution < 1.29 is 22.6 Å². The molecule has 236 valence electrons. The van der Waals surface area contributed by atoms with Crippen molar-refractivity contribution in [3.05, 3.63) is 0 Å². The van der Waals surface area contributed by atoms with Crippen LogP contribution in [-0.4, -0.2) is 57.6 Å². The van der Waals surface area contributed by atoms with Crippen molar-refractivity contribution in [2.75, 3.05) is 39.6 Å². The van der Waals surface area contributed by atoms with E-state index in [1.54, 1.807) is 0 Å². The van der Waals surface area contributed by atoms with Crippen LogP contribution >= 0.6 is 0 Å². The molecule has 0 spiro atoms. The van der Waals surface area contributed by atoms with E-state index in [4.69, 9.17) is 14.2 Å². The molecule has 0 amide bonds. The Bertz CT molecular complexity index is 733. The minimum Gasteiger partial charge on any atom is -0.381 e. The molecule has 0 radical (unpaired) electrons. The fourth-order valence-electron chi connectivity index (χ4n) is 11.2. The standard InChI is InChI=1S/C20H30O2S.3C5H10O/c21-23(22,19-7-13-1-14(8-19)3-15(2-13)9-19)20-10-16-4-17(11-20)6-18(5-16)12-20;3*1-2-4-6-5-3-1/h13-18H,1-12H2;3*1-5H2. The molecular weight excluding hydrogens is 532 g/mol. The number of hydrogen-bond acceptors (Lipinski definition) is 5. The lowest BCUT2D eigenvalue weighted by Gasteiger charge is -2.62. The highest BCUT2D eigenvalue weighted by Gasteiger charge is 2.66. The zero-order chi connectivity index (χ0) is 28.2. The van der Waals surface area contributed by atoms with Crippen LogP contribution in [0.5, 0.6) is 0 Å². The molecule has 41 heavy (non-hydrogen) atoms. The van der Waals surface area contributed by atoms with Gasteiger partial charge in [-0.05, 0) is 170 Å². The van der Waals surface area contributed by atoms with Gasteiger partial charge in [0.2, 0.25) is 0 Å². The number of ether oxygens (including phenoxy) is 3. The van der Waals surface area contributed by atoms with Gasteiger partial charge in [-0.25, -0.2) is 8.42 Å². The molecule has 0 atom stereocenters. The average Bonchev–Trinajstić information content (AvgIpc) is 2.99. The molecule has 11 fully saturated rings. The molecular formula is C35H60O5S. The summed E-state index contributed by atoms with van der Waals surface area (Å²) in [5.41, 5.74) is 0. The summed E-state index contributed by atoms with van der Waals surface area (Å²) < 4.78 is 42.9. The summed E-state index contributed by atoms with van der Waals surface area (Å²) in [4.78, 5) is 0. The molecule has 6 heteroatoms. The maximum Gasteiger partial charge on any atom is 0.161 e. The summed E-state index contributed by atoms with van der Waals surface area (Å²) in [5, 5.41) is 0. The van der Waals surface area contributed by atoms with Crippen molar-refractivity contribution in [1.82, 2.24) is 0 Å². The smallest absolute Gasteiger partial charge is 0.161 e. The predicted molar refractivity (Wildman–Crippen MR) is 165 cm³/mol. The van der Waals surface area contributed by atoms with Crippen LogP contribution in [0.25, 0.3) is 0 Å². The topological polar surface area (TPSA) is 61.8 Å². The maximum atomic E-state index is 14.1. The molecule has 3 heterocycles. The van der Waals surface area contributed by atoms with Gasteiger partial charge in [-0.2, -0.15) is 0 Å². The Morgan fingerprint density at radius 3 is 0.732 bits per heavy atom. The molecule has 11 aliphatic rings. The second-order valence-corrected chi connectivity index (χ2v) is 18.5. The van der Waals surface area contributed by atoms with E-state index < -0.39 is 9.84 Å². The van der Waals surface area contributed by atoms with E-state index in [0.29, 0.717) is 0 Å². The molecule has 8 saturated carbocycles. The second-order valence-electron chi connectivity index (χ2n) is 15.7. The van der Waals surface area contributed by atoms with Gasteiger partial charge in [0.1, 0.15) is 0 Å². The molecule has 0 unspecified atom stereocenters. The van der Waals surface area contributed by atoms with Gasteiger partial charge in [0.05, 0.1) is 9.49 Å². The first-order valence-corrected chi connectivity index (χ1v) is 19.4. The Morgan fingerprint density at radius 1 is 0.366 bits per heavy atom. The monoisotopic (exact) mass is 592 g/mol. The van der Waals surface area contributed by atoms with Crippen LogP contribution in [0.4, 0.5) is 0 Å². The maximum absolute atomic E-state index is 14.1. The first kappa shape index (κ1) is 30.8. The highest BCUT2D eigenvalue weighted by atomic mass is 32.2. The lowest BCUT2D eigenvalue weighted by Crippen LogP contribution is -2.64. The summed E-state index contributed by atoms with van der Waals surface area (Å²) in [6.07, 6.45) is 26.0. The Labute approximate surface area is 251 Å². The van der Waals surface area contributed by atoms with E-state index in [2.05, 4.69) is 0 Å². The van der Waals surface area contributed by atoms with Crippen LogP contribution in [0.2, 0.25) is 0 Å². The van der Waals surface area contributed by atoms with E-state index in [0.717, 1.165) is 114 Å². The third-order valence-corrected chi connectivity index (χ3v) is 15.6. The predicted octanol–water partition coefficient (Wildman–Crippen LogP) is 7.90. The first-order chi connectivity index (χ1) is 20.0. The third kappa shape index (κ3) is 7.06. The van der Waals surface area contributed by atoms with Crippen LogP contribution in [0.15, 0.2) is 0 Å². The Kier molecular flexibility index (Phi) is 10.4. The third-order valence-electron chi connectivity index (χ3n) is 12.3. The second kappa shape index (κ2) is 13.9. The summed E-state index contributed by atoms with van der Waals surface area (Å²) in [6.45, 7) is 6.00. The number of rotatable bonds is 2. The molecule has 3 saturated heterocycles. The van der Waals surface area contributed by atoms with Gasteiger partial charge in [-0.3, -0.25) is 0 Å². The van der Waals surface area contributed by atoms with Gasteiger partial charge in [0.15, 0.2) is 9.84 Å². The molecule has 0 N–H and O–H groups in total. The van der Waals surface area contributed by atoms with Gasteiger partial charge >= 0.3 is 0 Å². The van der Waals surface area contributed by atoms with E-state index in [9.17, 15) is 8.42 Å². The highest BCUT2D eigenvalue weighted by molar-refractivity contribution is 7.94. The quantitative estimate of drug-likeness (QED) is 0.326. The molecule has 0 aromatic carbocycles. The van der Waals surface area contributed by atoms with Crippen molar-refractivity contribution in [3.8, 4) is 0 Å². The van der Waals surface area contributed by atoms with Crippen molar-refractivity contribution in [3.63, 3.8) is 0 Å². The molecule has 8 bridgehead atoms. The number of hydrogen-bond donors (Lipinski definition) is 0. The van der Waals surface area contributed by atoms with Crippen molar-refractivity contribution >= 4 is 9.84 Å². The van der Waals surface area contributed by atoms with Crippen LogP contribution in [-0.2, 0) is 24.0 Å². The Balaban J connectivity index is 0.000000136. The molecule has 0 aromatic rings. The summed E-state index contributed by atoms with van der Waals surface area (Å²) in [7, 11) is -2.98. The van der Waals surface area contributed by atoms with Gasteiger partial charge < -0.3 is 14.2 Å². The zero-order valence-corrected chi connectivity index (χ0v) is 26.8.